The number of carboxylic acid groups (broad SMARTS) is 1. The summed E-state index contributed by atoms with van der Waals surface area (Å²) >= 11 is 0. The van der Waals surface area contributed by atoms with E-state index >= 15 is 0 Å². The Morgan fingerprint density at radius 3 is 2.48 bits per heavy atom. The molecule has 10 heteroatoms. The molecule has 0 radical (unpaired) electrons. The zero-order valence-electron chi connectivity index (χ0n) is 12.3. The zero-order valence-corrected chi connectivity index (χ0v) is 14.3. The molecular weight excluding hydrogens is 321 g/mol. The van der Waals surface area contributed by atoms with E-state index in [-0.39, 0.29) is 46.6 Å². The number of aromatic carboxylic acids is 1. The van der Waals surface area contributed by atoms with Gasteiger partial charge in [-0.15, -0.1) is 0 Å². The number of ether oxygens (including phenoxy) is 2. The van der Waals surface area contributed by atoms with Crippen molar-refractivity contribution in [3.8, 4) is 5.75 Å². The molecule has 1 fully saturated rings. The number of hydrogen-bond acceptors (Lipinski definition) is 9. The molecule has 1 aliphatic heterocycles. The van der Waals surface area contributed by atoms with E-state index in [1.165, 1.54) is 12.1 Å². The molecule has 1 aliphatic rings. The van der Waals surface area contributed by atoms with Gasteiger partial charge in [-0.05, 0) is 12.1 Å². The minimum absolute atomic E-state index is 0. The van der Waals surface area contributed by atoms with Gasteiger partial charge in [-0.25, -0.2) is 0 Å². The number of carbonyl (C=O) groups excluding carboxylic acids is 1. The molecule has 5 atom stereocenters. The van der Waals surface area contributed by atoms with E-state index in [1.807, 2.05) is 0 Å². The zero-order chi connectivity index (χ0) is 16.4. The van der Waals surface area contributed by atoms with Crippen LogP contribution in [0.5, 0.6) is 5.75 Å². The van der Waals surface area contributed by atoms with Crippen molar-refractivity contribution in [3.05, 3.63) is 23.8 Å². The molecule has 2 rings (SSSR count). The predicted molar refractivity (Wildman–Crippen MR) is 69.6 cm³/mol. The van der Waals surface area contributed by atoms with Gasteiger partial charge in [0.05, 0.1) is 12.6 Å². The van der Waals surface area contributed by atoms with Crippen molar-refractivity contribution >= 4 is 11.7 Å². The Bertz CT molecular complexity index is 555. The molecule has 1 aromatic rings. The summed E-state index contributed by atoms with van der Waals surface area (Å²) in [5, 5.41) is 49.3. The number of anilines is 1. The number of hydrogen-bond donors (Lipinski definition) is 5. The normalized spacial score (nSPS) is 30.3. The predicted octanol–water partition coefficient (Wildman–Crippen LogP) is -6.18. The molecule has 0 aliphatic carbocycles. The summed E-state index contributed by atoms with van der Waals surface area (Å²) in [6.07, 6.45) is -7.51. The van der Waals surface area contributed by atoms with E-state index in [4.69, 9.17) is 20.3 Å². The third-order valence-electron chi connectivity index (χ3n) is 3.32. The summed E-state index contributed by atoms with van der Waals surface area (Å²) in [5.41, 5.74) is 5.42. The van der Waals surface area contributed by atoms with Crippen LogP contribution in [-0.4, -0.2) is 63.7 Å². The maximum Gasteiger partial charge on any atom is 1.00 e. The van der Waals surface area contributed by atoms with Gasteiger partial charge in [-0.2, -0.15) is 0 Å². The Labute approximate surface area is 153 Å². The summed E-state index contributed by atoms with van der Waals surface area (Å²) in [7, 11) is 0. The molecule has 0 bridgehead atoms. The van der Waals surface area contributed by atoms with Gasteiger partial charge in [0.25, 0.3) is 0 Å². The summed E-state index contributed by atoms with van der Waals surface area (Å²) in [6, 6.07) is 3.67. The number of benzene rings is 1. The van der Waals surface area contributed by atoms with E-state index in [0.717, 1.165) is 6.07 Å². The molecule has 9 nitrogen and oxygen atoms in total. The van der Waals surface area contributed by atoms with Gasteiger partial charge in [0.15, 0.2) is 0 Å². The van der Waals surface area contributed by atoms with Gasteiger partial charge in [0, 0.05) is 17.3 Å². The van der Waals surface area contributed by atoms with E-state index in [1.54, 1.807) is 0 Å². The van der Waals surface area contributed by atoms with Gasteiger partial charge < -0.3 is 45.5 Å². The van der Waals surface area contributed by atoms with E-state index in [0.29, 0.717) is 0 Å². The number of carboxylic acids is 1. The van der Waals surface area contributed by atoms with E-state index in [9.17, 15) is 25.2 Å². The monoisotopic (exact) mass is 337 g/mol. The molecule has 122 valence electrons. The van der Waals surface area contributed by atoms with Crippen molar-refractivity contribution in [2.45, 2.75) is 30.7 Å². The molecule has 0 unspecified atom stereocenters. The van der Waals surface area contributed by atoms with Gasteiger partial charge in [-0.1, -0.05) is 0 Å². The van der Waals surface area contributed by atoms with Crippen molar-refractivity contribution in [1.82, 2.24) is 0 Å². The first kappa shape index (κ1) is 20.1. The van der Waals surface area contributed by atoms with Crippen molar-refractivity contribution in [2.75, 3.05) is 12.3 Å². The minimum atomic E-state index is -1.66. The number of rotatable bonds is 4. The van der Waals surface area contributed by atoms with Crippen molar-refractivity contribution in [2.24, 2.45) is 0 Å². The molecule has 1 saturated heterocycles. The van der Waals surface area contributed by atoms with Crippen molar-refractivity contribution < 1.29 is 69.4 Å². The number of nitrogens with two attached hydrogens (primary N) is 1. The number of aliphatic hydroxyl groups is 4. The van der Waals surface area contributed by atoms with Crippen LogP contribution in [0.4, 0.5) is 5.69 Å². The molecule has 0 aromatic heterocycles. The van der Waals surface area contributed by atoms with Crippen LogP contribution in [0, 0.1) is 0 Å². The topological polar surface area (TPSA) is 166 Å². The van der Waals surface area contributed by atoms with Crippen molar-refractivity contribution in [1.29, 1.82) is 0 Å². The summed E-state index contributed by atoms with van der Waals surface area (Å²) in [4.78, 5) is 11.0. The third-order valence-corrected chi connectivity index (χ3v) is 3.32. The second-order valence-corrected chi connectivity index (χ2v) is 4.86. The summed E-state index contributed by atoms with van der Waals surface area (Å²) in [6.45, 7) is -0.630. The molecule has 1 heterocycles. The minimum Gasteiger partial charge on any atom is -0.545 e. The fourth-order valence-corrected chi connectivity index (χ4v) is 2.09. The van der Waals surface area contributed by atoms with Crippen LogP contribution < -0.4 is 45.1 Å². The van der Waals surface area contributed by atoms with Crippen LogP contribution >= 0.6 is 0 Å². The van der Waals surface area contributed by atoms with Crippen LogP contribution in [0.15, 0.2) is 18.2 Å². The van der Waals surface area contributed by atoms with Crippen LogP contribution in [0.3, 0.4) is 0 Å². The van der Waals surface area contributed by atoms with E-state index < -0.39 is 43.3 Å². The molecule has 23 heavy (non-hydrogen) atoms. The first-order chi connectivity index (χ1) is 10.3. The average molecular weight is 337 g/mol. The standard InChI is InChI=1S/C13H17NO8.Na/c14-5-1-2-6(12(19)20)7(3-5)21-13-11(18)10(17)9(16)8(4-15)22-13;/h1-3,8-11,13,15-18H,4,14H2,(H,19,20);/q;+1/p-1/t8-,9-,10+,11-,13-;/m1./s1. The molecule has 0 saturated carbocycles. The number of nitrogen functional groups attached to an aromatic ring is 1. The molecule has 6 N–H and O–H groups in total. The maximum atomic E-state index is 11.0. The largest absolute Gasteiger partial charge is 1.00 e. The molecule has 0 spiro atoms. The van der Waals surface area contributed by atoms with Crippen LogP contribution in [-0.2, 0) is 4.74 Å². The van der Waals surface area contributed by atoms with Gasteiger partial charge in [0.1, 0.15) is 30.2 Å². The van der Waals surface area contributed by atoms with Crippen LogP contribution in [0.25, 0.3) is 0 Å². The van der Waals surface area contributed by atoms with E-state index in [2.05, 4.69) is 0 Å². The number of carbonyl (C=O) groups is 1. The van der Waals surface area contributed by atoms with Crippen molar-refractivity contribution in [3.63, 3.8) is 0 Å². The Morgan fingerprint density at radius 2 is 1.91 bits per heavy atom. The Hall–Kier alpha value is -0.910. The fourth-order valence-electron chi connectivity index (χ4n) is 2.09. The SMILES string of the molecule is Nc1ccc(C(=O)[O-])c(O[C@@H]2O[C@H](CO)[C@@H](O)[C@H](O)[C@H]2O)c1.[Na+]. The first-order valence-corrected chi connectivity index (χ1v) is 6.43. The Balaban J connectivity index is 0.00000264. The van der Waals surface area contributed by atoms with Gasteiger partial charge in [0.2, 0.25) is 6.29 Å². The molecular formula is C13H16NNaO8. The average Bonchev–Trinajstić information content (AvgIpc) is 2.47. The van der Waals surface area contributed by atoms with Crippen LogP contribution in [0.1, 0.15) is 10.4 Å². The quantitative estimate of drug-likeness (QED) is 0.265. The summed E-state index contributed by atoms with van der Waals surface area (Å²) in [5.74, 6) is -1.76. The molecule has 1 aromatic carbocycles. The second-order valence-electron chi connectivity index (χ2n) is 4.86. The Kier molecular flexibility index (Phi) is 7.24. The fraction of sp³-hybridized carbons (Fsp3) is 0.462. The number of aliphatic hydroxyl groups excluding tert-OH is 4. The summed E-state index contributed by atoms with van der Waals surface area (Å²) < 4.78 is 10.4. The molecule has 0 amide bonds. The third kappa shape index (κ3) is 4.34. The Morgan fingerprint density at radius 1 is 1.26 bits per heavy atom. The smallest absolute Gasteiger partial charge is 0.545 e. The van der Waals surface area contributed by atoms with Crippen LogP contribution in [0.2, 0.25) is 0 Å². The second kappa shape index (κ2) is 8.27. The van der Waals surface area contributed by atoms with Gasteiger partial charge >= 0.3 is 29.6 Å². The first-order valence-electron chi connectivity index (χ1n) is 6.43. The van der Waals surface area contributed by atoms with Gasteiger partial charge in [-0.3, -0.25) is 0 Å². The maximum absolute atomic E-state index is 11.0.